The second kappa shape index (κ2) is 5.19. The van der Waals surface area contributed by atoms with Gasteiger partial charge in [-0.1, -0.05) is 39.0 Å². The largest absolute Gasteiger partial charge is 0.295 e. The van der Waals surface area contributed by atoms with Gasteiger partial charge in [-0.2, -0.15) is 8.42 Å². The predicted molar refractivity (Wildman–Crippen MR) is 81.1 cm³/mol. The number of aryl methyl sites for hydroxylation is 2. The average Bonchev–Trinajstić information content (AvgIpc) is 2.63. The molecule has 0 fully saturated rings. The molecule has 4 heteroatoms. The van der Waals surface area contributed by atoms with E-state index in [9.17, 15) is 13.0 Å². The SMILES string of the molecule is CCc1cc(S(=O)(=O)O)c2ccc(C(C)C)cc(C)c1-2. The second-order valence-corrected chi connectivity index (χ2v) is 6.86. The molecular formula is C16H20O3S. The number of fused-ring (bicyclic) bond motifs is 1. The summed E-state index contributed by atoms with van der Waals surface area (Å²) in [6.45, 7) is 8.17. The van der Waals surface area contributed by atoms with Gasteiger partial charge in [0.25, 0.3) is 10.1 Å². The van der Waals surface area contributed by atoms with E-state index in [1.165, 1.54) is 0 Å². The molecule has 2 aliphatic rings. The van der Waals surface area contributed by atoms with Gasteiger partial charge >= 0.3 is 0 Å². The lowest BCUT2D eigenvalue weighted by atomic mass is 10.0. The molecule has 0 aromatic rings. The van der Waals surface area contributed by atoms with Crippen LogP contribution in [0.3, 0.4) is 0 Å². The summed E-state index contributed by atoms with van der Waals surface area (Å²) in [6.07, 6.45) is 0.730. The zero-order chi connectivity index (χ0) is 15.1. The van der Waals surface area contributed by atoms with Crippen LogP contribution in [0.15, 0.2) is 29.2 Å². The summed E-state index contributed by atoms with van der Waals surface area (Å²) < 4.78 is 32.5. The van der Waals surface area contributed by atoms with Crippen molar-refractivity contribution in [2.24, 2.45) is 0 Å². The van der Waals surface area contributed by atoms with Crippen molar-refractivity contribution in [3.63, 3.8) is 0 Å². The van der Waals surface area contributed by atoms with Gasteiger partial charge in [0.15, 0.2) is 0 Å². The highest BCUT2D eigenvalue weighted by Gasteiger charge is 2.23. The molecule has 108 valence electrons. The maximum atomic E-state index is 11.6. The predicted octanol–water partition coefficient (Wildman–Crippen LogP) is 4.03. The fourth-order valence-electron chi connectivity index (χ4n) is 2.64. The lowest BCUT2D eigenvalue weighted by molar-refractivity contribution is 0.484. The Balaban J connectivity index is 2.87. The molecule has 0 aromatic heterocycles. The fraction of sp³-hybridized carbons (Fsp3) is 0.375. The maximum absolute atomic E-state index is 11.6. The topological polar surface area (TPSA) is 54.4 Å². The van der Waals surface area contributed by atoms with Crippen LogP contribution in [0.2, 0.25) is 0 Å². The Morgan fingerprint density at radius 1 is 1.20 bits per heavy atom. The second-order valence-electron chi connectivity index (χ2n) is 5.47. The lowest BCUT2D eigenvalue weighted by Gasteiger charge is -2.04. The summed E-state index contributed by atoms with van der Waals surface area (Å²) in [7, 11) is -4.20. The molecule has 2 rings (SSSR count). The molecule has 3 nitrogen and oxygen atoms in total. The first-order valence-electron chi connectivity index (χ1n) is 6.79. The van der Waals surface area contributed by atoms with E-state index in [2.05, 4.69) is 19.9 Å². The molecule has 0 radical (unpaired) electrons. The van der Waals surface area contributed by atoms with E-state index in [1.54, 1.807) is 12.1 Å². The summed E-state index contributed by atoms with van der Waals surface area (Å²) in [5, 5.41) is 0. The summed E-state index contributed by atoms with van der Waals surface area (Å²) in [5.41, 5.74) is 4.69. The van der Waals surface area contributed by atoms with E-state index in [0.717, 1.165) is 28.7 Å². The van der Waals surface area contributed by atoms with Gasteiger partial charge in [-0.25, -0.2) is 0 Å². The normalized spacial score (nSPS) is 12.3. The Labute approximate surface area is 120 Å². The van der Waals surface area contributed by atoms with Crippen molar-refractivity contribution in [1.82, 2.24) is 0 Å². The molecule has 0 saturated heterocycles. The standard InChI is InChI=1S/C16H20O3S/c1-5-12-9-15(20(17,18)19)14-7-6-13(10(2)3)8-11(4)16(12)14/h6-10H,5H2,1-4H3,(H,17,18,19). The molecule has 0 heterocycles. The highest BCUT2D eigenvalue weighted by atomic mass is 32.2. The van der Waals surface area contributed by atoms with Gasteiger partial charge in [-0.3, -0.25) is 4.55 Å². The number of hydrogen-bond acceptors (Lipinski definition) is 2. The van der Waals surface area contributed by atoms with E-state index in [0.29, 0.717) is 11.5 Å². The van der Waals surface area contributed by atoms with Crippen molar-refractivity contribution in [2.45, 2.75) is 44.9 Å². The molecule has 0 unspecified atom stereocenters. The molecule has 20 heavy (non-hydrogen) atoms. The highest BCUT2D eigenvalue weighted by molar-refractivity contribution is 7.86. The van der Waals surface area contributed by atoms with Crippen LogP contribution in [-0.4, -0.2) is 13.0 Å². The average molecular weight is 292 g/mol. The van der Waals surface area contributed by atoms with Gasteiger partial charge in [-0.15, -0.1) is 0 Å². The minimum atomic E-state index is -4.20. The van der Waals surface area contributed by atoms with Crippen molar-refractivity contribution in [2.75, 3.05) is 0 Å². The highest BCUT2D eigenvalue weighted by Crippen LogP contribution is 2.38. The third kappa shape index (κ3) is 2.58. The summed E-state index contributed by atoms with van der Waals surface area (Å²) in [4.78, 5) is 0.0124. The van der Waals surface area contributed by atoms with Crippen LogP contribution >= 0.6 is 0 Å². The van der Waals surface area contributed by atoms with Crippen LogP contribution in [0.4, 0.5) is 0 Å². The van der Waals surface area contributed by atoms with E-state index in [4.69, 9.17) is 0 Å². The molecular weight excluding hydrogens is 272 g/mol. The van der Waals surface area contributed by atoms with Crippen molar-refractivity contribution < 1.29 is 13.0 Å². The Morgan fingerprint density at radius 3 is 2.35 bits per heavy atom. The van der Waals surface area contributed by atoms with Crippen LogP contribution in [0.5, 0.6) is 0 Å². The first-order chi connectivity index (χ1) is 9.25. The van der Waals surface area contributed by atoms with Crippen molar-refractivity contribution in [1.29, 1.82) is 0 Å². The summed E-state index contributed by atoms with van der Waals surface area (Å²) in [5.74, 6) is 0.365. The molecule has 1 N–H and O–H groups in total. The molecule has 0 bridgehead atoms. The molecule has 0 aromatic carbocycles. The lowest BCUT2D eigenvalue weighted by Crippen LogP contribution is -1.96. The maximum Gasteiger partial charge on any atom is 0.295 e. The minimum Gasteiger partial charge on any atom is -0.282 e. The quantitative estimate of drug-likeness (QED) is 0.869. The van der Waals surface area contributed by atoms with E-state index in [-0.39, 0.29) is 4.90 Å². The summed E-state index contributed by atoms with van der Waals surface area (Å²) in [6, 6.07) is 7.43. The van der Waals surface area contributed by atoms with E-state index < -0.39 is 10.1 Å². The molecule has 0 spiro atoms. The molecule has 0 saturated carbocycles. The van der Waals surface area contributed by atoms with Crippen LogP contribution in [0.1, 0.15) is 43.4 Å². The van der Waals surface area contributed by atoms with Gasteiger partial charge in [-0.05, 0) is 47.6 Å². The third-order valence-corrected chi connectivity index (χ3v) is 4.60. The van der Waals surface area contributed by atoms with Crippen molar-refractivity contribution in [3.8, 4) is 11.1 Å². The molecule has 0 amide bonds. The Hall–Kier alpha value is -1.39. The van der Waals surface area contributed by atoms with Gasteiger partial charge in [0, 0.05) is 5.56 Å². The van der Waals surface area contributed by atoms with Gasteiger partial charge in [0.2, 0.25) is 0 Å². The zero-order valence-corrected chi connectivity index (χ0v) is 13.1. The fourth-order valence-corrected chi connectivity index (χ4v) is 3.38. The molecule has 0 atom stereocenters. The van der Waals surface area contributed by atoms with Crippen LogP contribution in [-0.2, 0) is 16.5 Å². The Morgan fingerprint density at radius 2 is 1.85 bits per heavy atom. The van der Waals surface area contributed by atoms with Crippen LogP contribution in [0.25, 0.3) is 11.1 Å². The summed E-state index contributed by atoms with van der Waals surface area (Å²) >= 11 is 0. The van der Waals surface area contributed by atoms with Crippen molar-refractivity contribution >= 4 is 10.1 Å². The third-order valence-electron chi connectivity index (χ3n) is 3.71. The van der Waals surface area contributed by atoms with Gasteiger partial charge < -0.3 is 0 Å². The smallest absolute Gasteiger partial charge is 0.282 e. The number of rotatable bonds is 3. The first-order valence-corrected chi connectivity index (χ1v) is 8.23. The Bertz CT molecular complexity index is 715. The van der Waals surface area contributed by atoms with Crippen LogP contribution < -0.4 is 0 Å². The minimum absolute atomic E-state index is 0.0124. The van der Waals surface area contributed by atoms with Gasteiger partial charge in [0.05, 0.1) is 0 Å². The Kier molecular flexibility index (Phi) is 3.89. The van der Waals surface area contributed by atoms with Crippen LogP contribution in [0, 0.1) is 6.92 Å². The molecule has 2 aliphatic carbocycles. The van der Waals surface area contributed by atoms with E-state index in [1.807, 2.05) is 19.9 Å². The number of hydrogen-bond donors (Lipinski definition) is 1. The molecule has 0 aliphatic heterocycles. The van der Waals surface area contributed by atoms with E-state index >= 15 is 0 Å². The van der Waals surface area contributed by atoms with Gasteiger partial charge in [0.1, 0.15) is 4.90 Å². The first kappa shape index (κ1) is 15.0. The van der Waals surface area contributed by atoms with Crippen molar-refractivity contribution in [3.05, 3.63) is 41.0 Å². The monoisotopic (exact) mass is 292 g/mol. The zero-order valence-electron chi connectivity index (χ0n) is 12.3.